The molecule has 0 spiro atoms. The van der Waals surface area contributed by atoms with Crippen molar-refractivity contribution in [1.29, 1.82) is 0 Å². The number of imidazole rings is 1. The first kappa shape index (κ1) is 14.5. The predicted molar refractivity (Wildman–Crippen MR) is 75.2 cm³/mol. The van der Waals surface area contributed by atoms with Crippen LogP contribution in [0.4, 0.5) is 0 Å². The molecule has 2 rings (SSSR count). The predicted octanol–water partition coefficient (Wildman–Crippen LogP) is 0.841. The van der Waals surface area contributed by atoms with E-state index < -0.39 is 0 Å². The van der Waals surface area contributed by atoms with Gasteiger partial charge in [-0.15, -0.1) is 0 Å². The Labute approximate surface area is 120 Å². The molecule has 0 bridgehead atoms. The molecule has 1 aromatic rings. The van der Waals surface area contributed by atoms with Crippen LogP contribution in [0.5, 0.6) is 0 Å². The molecule has 3 N–H and O–H groups in total. The van der Waals surface area contributed by atoms with Gasteiger partial charge in [-0.25, -0.2) is 4.98 Å². The van der Waals surface area contributed by atoms with E-state index in [1.54, 1.807) is 7.11 Å². The number of methoxy groups -OCH3 is 1. The van der Waals surface area contributed by atoms with E-state index in [0.717, 1.165) is 31.6 Å². The number of piperidine rings is 1. The van der Waals surface area contributed by atoms with Gasteiger partial charge in [-0.1, -0.05) is 6.92 Å². The molecule has 0 aromatic carbocycles. The van der Waals surface area contributed by atoms with Crippen LogP contribution in [0, 0.1) is 0 Å². The van der Waals surface area contributed by atoms with Gasteiger partial charge < -0.3 is 20.4 Å². The van der Waals surface area contributed by atoms with E-state index in [1.807, 2.05) is 6.92 Å². The minimum Gasteiger partial charge on any atom is -0.378 e. The Morgan fingerprint density at radius 1 is 1.63 bits per heavy atom. The number of hydrogen-bond acceptors (Lipinski definition) is 4. The Morgan fingerprint density at radius 2 is 2.42 bits per heavy atom. The quantitative estimate of drug-likeness (QED) is 0.764. The van der Waals surface area contributed by atoms with E-state index in [0.29, 0.717) is 10.4 Å². The van der Waals surface area contributed by atoms with Crippen molar-refractivity contribution in [1.82, 2.24) is 20.6 Å². The molecular formula is C12H19BrN4O2. The second-order valence-corrected chi connectivity index (χ2v) is 5.31. The average Bonchev–Trinajstić information content (AvgIpc) is 2.80. The Balaban J connectivity index is 2.03. The second kappa shape index (κ2) is 6.49. The maximum atomic E-state index is 12.2. The lowest BCUT2D eigenvalue weighted by Gasteiger charge is -2.31. The van der Waals surface area contributed by atoms with Crippen molar-refractivity contribution in [3.05, 3.63) is 16.1 Å². The molecule has 0 aliphatic carbocycles. The van der Waals surface area contributed by atoms with Crippen molar-refractivity contribution < 1.29 is 9.53 Å². The highest BCUT2D eigenvalue weighted by atomic mass is 79.9. The maximum absolute atomic E-state index is 12.2. The summed E-state index contributed by atoms with van der Waals surface area (Å²) in [4.78, 5) is 19.4. The number of H-pyrrole nitrogens is 1. The summed E-state index contributed by atoms with van der Waals surface area (Å²) < 4.78 is 6.08. The Hall–Kier alpha value is -0.920. The number of rotatable bonds is 4. The molecule has 0 radical (unpaired) electrons. The number of aromatic amines is 1. The highest BCUT2D eigenvalue weighted by Crippen LogP contribution is 2.14. The summed E-state index contributed by atoms with van der Waals surface area (Å²) in [6, 6.07) is 0.0210. The molecule has 19 heavy (non-hydrogen) atoms. The lowest BCUT2D eigenvalue weighted by atomic mass is 10.0. The van der Waals surface area contributed by atoms with Gasteiger partial charge in [0, 0.05) is 19.3 Å². The van der Waals surface area contributed by atoms with E-state index >= 15 is 0 Å². The fourth-order valence-electron chi connectivity index (χ4n) is 2.21. The topological polar surface area (TPSA) is 79.0 Å². The van der Waals surface area contributed by atoms with Crippen LogP contribution in [0.3, 0.4) is 0 Å². The van der Waals surface area contributed by atoms with Crippen molar-refractivity contribution in [3.8, 4) is 0 Å². The number of amides is 1. The van der Waals surface area contributed by atoms with Gasteiger partial charge in [-0.05, 0) is 35.3 Å². The normalized spacial score (nSPS) is 23.3. The highest BCUT2D eigenvalue weighted by molar-refractivity contribution is 9.10. The summed E-state index contributed by atoms with van der Waals surface area (Å²) in [6.45, 7) is 3.64. The number of nitrogens with zero attached hydrogens (tertiary/aromatic N) is 1. The molecule has 2 unspecified atom stereocenters. The van der Waals surface area contributed by atoms with Crippen LogP contribution in [0.2, 0.25) is 0 Å². The number of aryl methyl sites for hydroxylation is 1. The van der Waals surface area contributed by atoms with Crippen molar-refractivity contribution in [2.24, 2.45) is 0 Å². The van der Waals surface area contributed by atoms with Gasteiger partial charge in [0.05, 0.1) is 12.1 Å². The monoisotopic (exact) mass is 330 g/mol. The maximum Gasteiger partial charge on any atom is 0.287 e. The van der Waals surface area contributed by atoms with Gasteiger partial charge in [-0.2, -0.15) is 0 Å². The second-order valence-electron chi connectivity index (χ2n) is 4.56. The lowest BCUT2D eigenvalue weighted by Crippen LogP contribution is -2.53. The SMILES string of the molecule is CCc1[nH]c(C(=O)NC2CCNCC2OC)nc1Br. The van der Waals surface area contributed by atoms with Gasteiger partial charge >= 0.3 is 0 Å². The Morgan fingerprint density at radius 3 is 3.05 bits per heavy atom. The van der Waals surface area contributed by atoms with Gasteiger partial charge in [-0.3, -0.25) is 4.79 Å². The fraction of sp³-hybridized carbons (Fsp3) is 0.667. The first-order valence-corrected chi connectivity index (χ1v) is 7.23. The summed E-state index contributed by atoms with van der Waals surface area (Å²) in [5, 5.41) is 6.23. The van der Waals surface area contributed by atoms with Crippen LogP contribution >= 0.6 is 15.9 Å². The summed E-state index contributed by atoms with van der Waals surface area (Å²) in [5.41, 5.74) is 0.929. The molecule has 106 valence electrons. The summed E-state index contributed by atoms with van der Waals surface area (Å²) >= 11 is 3.34. The summed E-state index contributed by atoms with van der Waals surface area (Å²) in [7, 11) is 1.66. The highest BCUT2D eigenvalue weighted by Gasteiger charge is 2.27. The standard InChI is InChI=1S/C12H19BrN4O2/c1-3-7-10(13)17-11(15-7)12(18)16-8-4-5-14-6-9(8)19-2/h8-9,14H,3-6H2,1-2H3,(H,15,17)(H,16,18). The van der Waals surface area contributed by atoms with Crippen molar-refractivity contribution in [2.45, 2.75) is 31.9 Å². The number of carbonyl (C=O) groups is 1. The first-order valence-electron chi connectivity index (χ1n) is 6.44. The van der Waals surface area contributed by atoms with Gasteiger partial charge in [0.1, 0.15) is 4.60 Å². The first-order chi connectivity index (χ1) is 9.15. The van der Waals surface area contributed by atoms with Crippen LogP contribution in [-0.2, 0) is 11.2 Å². The number of ether oxygens (including phenoxy) is 1. The third-order valence-corrected chi connectivity index (χ3v) is 4.00. The van der Waals surface area contributed by atoms with Crippen molar-refractivity contribution in [3.63, 3.8) is 0 Å². The minimum atomic E-state index is -0.186. The van der Waals surface area contributed by atoms with Gasteiger partial charge in [0.25, 0.3) is 5.91 Å². The molecule has 7 heteroatoms. The van der Waals surface area contributed by atoms with Crippen LogP contribution in [0.25, 0.3) is 0 Å². The molecule has 2 heterocycles. The number of halogens is 1. The summed E-state index contributed by atoms with van der Waals surface area (Å²) in [5.74, 6) is 0.159. The zero-order valence-electron chi connectivity index (χ0n) is 11.1. The molecule has 2 atom stereocenters. The molecule has 1 saturated heterocycles. The van der Waals surface area contributed by atoms with Crippen LogP contribution in [0.1, 0.15) is 29.7 Å². The van der Waals surface area contributed by atoms with E-state index in [4.69, 9.17) is 4.74 Å². The fourth-order valence-corrected chi connectivity index (χ4v) is 2.77. The van der Waals surface area contributed by atoms with E-state index in [2.05, 4.69) is 36.5 Å². The molecular weight excluding hydrogens is 312 g/mol. The minimum absolute atomic E-state index is 0.00162. The molecule has 1 aliphatic heterocycles. The number of nitrogens with one attached hydrogen (secondary N) is 3. The van der Waals surface area contributed by atoms with E-state index in [1.165, 1.54) is 0 Å². The Kier molecular flexibility index (Phi) is 4.95. The van der Waals surface area contributed by atoms with E-state index in [-0.39, 0.29) is 18.1 Å². The smallest absolute Gasteiger partial charge is 0.287 e. The molecule has 1 aromatic heterocycles. The largest absolute Gasteiger partial charge is 0.378 e. The molecule has 1 amide bonds. The van der Waals surface area contributed by atoms with Crippen LogP contribution in [-0.4, -0.2) is 48.2 Å². The molecule has 1 fully saturated rings. The Bertz CT molecular complexity index is 449. The van der Waals surface area contributed by atoms with Gasteiger partial charge in [0.15, 0.2) is 5.82 Å². The molecule has 0 saturated carbocycles. The zero-order valence-corrected chi connectivity index (χ0v) is 12.7. The van der Waals surface area contributed by atoms with Crippen LogP contribution < -0.4 is 10.6 Å². The number of carbonyl (C=O) groups excluding carboxylic acids is 1. The summed E-state index contributed by atoms with van der Waals surface area (Å²) in [6.07, 6.45) is 1.66. The lowest BCUT2D eigenvalue weighted by molar-refractivity contribution is 0.0473. The number of hydrogen-bond donors (Lipinski definition) is 3. The third-order valence-electron chi connectivity index (χ3n) is 3.34. The number of aromatic nitrogens is 2. The average molecular weight is 331 g/mol. The van der Waals surface area contributed by atoms with Crippen molar-refractivity contribution >= 4 is 21.8 Å². The van der Waals surface area contributed by atoms with E-state index in [9.17, 15) is 4.79 Å². The molecule has 1 aliphatic rings. The van der Waals surface area contributed by atoms with Gasteiger partial charge in [0.2, 0.25) is 0 Å². The van der Waals surface area contributed by atoms with Crippen molar-refractivity contribution in [2.75, 3.05) is 20.2 Å². The van der Waals surface area contributed by atoms with Crippen LogP contribution in [0.15, 0.2) is 4.60 Å². The zero-order chi connectivity index (χ0) is 13.8. The molecule has 6 nitrogen and oxygen atoms in total. The third kappa shape index (κ3) is 3.34.